The molecule has 0 bridgehead atoms. The summed E-state index contributed by atoms with van der Waals surface area (Å²) in [6.07, 6.45) is 4.10. The molecule has 20 heavy (non-hydrogen) atoms. The molecule has 4 nitrogen and oxygen atoms in total. The Morgan fingerprint density at radius 3 is 2.75 bits per heavy atom. The van der Waals surface area contributed by atoms with E-state index in [4.69, 9.17) is 9.52 Å². The number of carbonyl (C=O) groups is 1. The van der Waals surface area contributed by atoms with E-state index in [0.717, 1.165) is 24.4 Å². The third-order valence-corrected chi connectivity index (χ3v) is 3.56. The fourth-order valence-corrected chi connectivity index (χ4v) is 2.39. The van der Waals surface area contributed by atoms with E-state index in [1.165, 1.54) is 12.8 Å². The Labute approximate surface area is 117 Å². The van der Waals surface area contributed by atoms with E-state index in [1.54, 1.807) is 24.5 Å². The quantitative estimate of drug-likeness (QED) is 0.877. The van der Waals surface area contributed by atoms with E-state index in [-0.39, 0.29) is 0 Å². The lowest BCUT2D eigenvalue weighted by atomic mass is 10.1. The molecule has 3 rings (SSSR count). The van der Waals surface area contributed by atoms with E-state index in [2.05, 4.69) is 4.90 Å². The van der Waals surface area contributed by atoms with E-state index in [9.17, 15) is 4.79 Å². The maximum atomic E-state index is 11.0. The molecule has 0 saturated heterocycles. The highest BCUT2D eigenvalue weighted by atomic mass is 16.4. The monoisotopic (exact) mass is 271 g/mol. The van der Waals surface area contributed by atoms with Crippen LogP contribution < -0.4 is 0 Å². The van der Waals surface area contributed by atoms with Crippen LogP contribution in [0.4, 0.5) is 0 Å². The Hall–Kier alpha value is -2.07. The number of aromatic carboxylic acids is 1. The summed E-state index contributed by atoms with van der Waals surface area (Å²) in [5, 5.41) is 9.04. The van der Waals surface area contributed by atoms with Gasteiger partial charge in [0.25, 0.3) is 0 Å². The van der Waals surface area contributed by atoms with Crippen molar-refractivity contribution in [2.45, 2.75) is 32.0 Å². The van der Waals surface area contributed by atoms with Gasteiger partial charge in [0.2, 0.25) is 0 Å². The SMILES string of the molecule is O=C(O)c1cccc(CN(Cc2ccco2)C2CC2)c1. The van der Waals surface area contributed by atoms with Gasteiger partial charge < -0.3 is 9.52 Å². The standard InChI is InChI=1S/C16H17NO3/c18-16(19)13-4-1-3-12(9-13)10-17(14-6-7-14)11-15-5-2-8-20-15/h1-5,8-9,14H,6-7,10-11H2,(H,18,19). The lowest BCUT2D eigenvalue weighted by molar-refractivity contribution is 0.0696. The Balaban J connectivity index is 1.73. The van der Waals surface area contributed by atoms with Crippen molar-refractivity contribution in [1.29, 1.82) is 0 Å². The second kappa shape index (κ2) is 5.51. The normalized spacial score (nSPS) is 14.7. The van der Waals surface area contributed by atoms with Crippen molar-refractivity contribution in [3.8, 4) is 0 Å². The van der Waals surface area contributed by atoms with Crippen molar-refractivity contribution in [3.05, 3.63) is 59.5 Å². The summed E-state index contributed by atoms with van der Waals surface area (Å²) < 4.78 is 5.41. The van der Waals surface area contributed by atoms with Crippen LogP contribution in [0.15, 0.2) is 47.1 Å². The van der Waals surface area contributed by atoms with Gasteiger partial charge in [-0.3, -0.25) is 4.90 Å². The molecular weight excluding hydrogens is 254 g/mol. The van der Waals surface area contributed by atoms with Crippen molar-refractivity contribution < 1.29 is 14.3 Å². The van der Waals surface area contributed by atoms with Crippen LogP contribution in [-0.4, -0.2) is 22.0 Å². The largest absolute Gasteiger partial charge is 0.478 e. The summed E-state index contributed by atoms with van der Waals surface area (Å²) in [4.78, 5) is 13.4. The number of benzene rings is 1. The van der Waals surface area contributed by atoms with Gasteiger partial charge in [0, 0.05) is 12.6 Å². The topological polar surface area (TPSA) is 53.7 Å². The Morgan fingerprint density at radius 1 is 1.25 bits per heavy atom. The summed E-state index contributed by atoms with van der Waals surface area (Å²) >= 11 is 0. The molecule has 1 aromatic heterocycles. The highest BCUT2D eigenvalue weighted by molar-refractivity contribution is 5.87. The average Bonchev–Trinajstić information content (AvgIpc) is 3.17. The van der Waals surface area contributed by atoms with Crippen molar-refractivity contribution in [2.75, 3.05) is 0 Å². The zero-order valence-corrected chi connectivity index (χ0v) is 11.2. The van der Waals surface area contributed by atoms with E-state index < -0.39 is 5.97 Å². The smallest absolute Gasteiger partial charge is 0.335 e. The zero-order chi connectivity index (χ0) is 13.9. The average molecular weight is 271 g/mol. The van der Waals surface area contributed by atoms with Gasteiger partial charge in [-0.25, -0.2) is 4.79 Å². The number of furan rings is 1. The molecule has 1 N–H and O–H groups in total. The number of nitrogens with zero attached hydrogens (tertiary/aromatic N) is 1. The fourth-order valence-electron chi connectivity index (χ4n) is 2.39. The van der Waals surface area contributed by atoms with Crippen LogP contribution in [-0.2, 0) is 13.1 Å². The van der Waals surface area contributed by atoms with Gasteiger partial charge in [-0.15, -0.1) is 0 Å². The Morgan fingerprint density at radius 2 is 2.10 bits per heavy atom. The second-order valence-electron chi connectivity index (χ2n) is 5.22. The van der Waals surface area contributed by atoms with Gasteiger partial charge in [-0.1, -0.05) is 12.1 Å². The molecule has 1 heterocycles. The molecule has 0 aliphatic heterocycles. The van der Waals surface area contributed by atoms with Gasteiger partial charge in [-0.05, 0) is 42.7 Å². The summed E-state index contributed by atoms with van der Waals surface area (Å²) in [7, 11) is 0. The number of carboxylic acids is 1. The number of hydrogen-bond donors (Lipinski definition) is 1. The molecule has 1 saturated carbocycles. The summed E-state index contributed by atoms with van der Waals surface area (Å²) in [5.41, 5.74) is 1.37. The maximum Gasteiger partial charge on any atom is 0.335 e. The molecular formula is C16H17NO3. The molecule has 0 amide bonds. The first-order valence-corrected chi connectivity index (χ1v) is 6.81. The molecule has 1 fully saturated rings. The minimum atomic E-state index is -0.879. The van der Waals surface area contributed by atoms with Crippen molar-refractivity contribution in [1.82, 2.24) is 4.90 Å². The van der Waals surface area contributed by atoms with Gasteiger partial charge in [-0.2, -0.15) is 0 Å². The lowest BCUT2D eigenvalue weighted by Gasteiger charge is -2.21. The van der Waals surface area contributed by atoms with E-state index in [1.807, 2.05) is 18.2 Å². The van der Waals surface area contributed by atoms with Crippen LogP contribution in [0.5, 0.6) is 0 Å². The molecule has 0 spiro atoms. The first kappa shape index (κ1) is 12.9. The zero-order valence-electron chi connectivity index (χ0n) is 11.2. The molecule has 1 aliphatic carbocycles. The van der Waals surface area contributed by atoms with Crippen LogP contribution in [0, 0.1) is 0 Å². The molecule has 0 radical (unpaired) electrons. The van der Waals surface area contributed by atoms with Crippen molar-refractivity contribution in [2.24, 2.45) is 0 Å². The van der Waals surface area contributed by atoms with Crippen molar-refractivity contribution in [3.63, 3.8) is 0 Å². The summed E-state index contributed by atoms with van der Waals surface area (Å²) in [5.74, 6) is 0.0714. The Kier molecular flexibility index (Phi) is 3.56. The highest BCUT2D eigenvalue weighted by Crippen LogP contribution is 2.30. The number of rotatable bonds is 6. The maximum absolute atomic E-state index is 11.0. The molecule has 0 atom stereocenters. The van der Waals surface area contributed by atoms with E-state index >= 15 is 0 Å². The van der Waals surface area contributed by atoms with Gasteiger partial charge >= 0.3 is 5.97 Å². The number of carboxylic acid groups (broad SMARTS) is 1. The minimum Gasteiger partial charge on any atom is -0.478 e. The van der Waals surface area contributed by atoms with Gasteiger partial charge in [0.05, 0.1) is 18.4 Å². The second-order valence-corrected chi connectivity index (χ2v) is 5.22. The molecule has 0 unspecified atom stereocenters. The van der Waals surface area contributed by atoms with Gasteiger partial charge in [0.1, 0.15) is 5.76 Å². The predicted octanol–water partition coefficient (Wildman–Crippen LogP) is 3.14. The molecule has 1 aliphatic rings. The molecule has 1 aromatic carbocycles. The van der Waals surface area contributed by atoms with Crippen LogP contribution in [0.2, 0.25) is 0 Å². The third-order valence-electron chi connectivity index (χ3n) is 3.56. The van der Waals surface area contributed by atoms with Crippen molar-refractivity contribution >= 4 is 5.97 Å². The van der Waals surface area contributed by atoms with Crippen LogP contribution in [0.3, 0.4) is 0 Å². The molecule has 4 heteroatoms. The summed E-state index contributed by atoms with van der Waals surface area (Å²) in [6.45, 7) is 1.53. The fraction of sp³-hybridized carbons (Fsp3) is 0.312. The van der Waals surface area contributed by atoms with E-state index in [0.29, 0.717) is 11.6 Å². The highest BCUT2D eigenvalue weighted by Gasteiger charge is 2.29. The first-order chi connectivity index (χ1) is 9.72. The predicted molar refractivity (Wildman–Crippen MR) is 74.4 cm³/mol. The van der Waals surface area contributed by atoms with Crippen LogP contribution in [0.25, 0.3) is 0 Å². The number of hydrogen-bond acceptors (Lipinski definition) is 3. The van der Waals surface area contributed by atoms with Crippen LogP contribution in [0.1, 0.15) is 34.5 Å². The third kappa shape index (κ3) is 3.08. The Bertz CT molecular complexity index is 588. The summed E-state index contributed by atoms with van der Waals surface area (Å²) in [6, 6.07) is 11.6. The van der Waals surface area contributed by atoms with Crippen LogP contribution >= 0.6 is 0 Å². The lowest BCUT2D eigenvalue weighted by Crippen LogP contribution is -2.24. The van der Waals surface area contributed by atoms with Gasteiger partial charge in [0.15, 0.2) is 0 Å². The molecule has 104 valence electrons. The first-order valence-electron chi connectivity index (χ1n) is 6.81. The molecule has 2 aromatic rings. The minimum absolute atomic E-state index is 0.344.